The van der Waals surface area contributed by atoms with Crippen LogP contribution in [-0.4, -0.2) is 82.7 Å². The van der Waals surface area contributed by atoms with E-state index in [0.717, 1.165) is 23.2 Å². The maximum absolute atomic E-state index is 14.9. The van der Waals surface area contributed by atoms with Gasteiger partial charge in [-0.25, -0.2) is 0 Å². The van der Waals surface area contributed by atoms with Gasteiger partial charge in [-0.15, -0.1) is 13.2 Å². The number of anilines is 1. The van der Waals surface area contributed by atoms with Gasteiger partial charge in [0.2, 0.25) is 11.8 Å². The van der Waals surface area contributed by atoms with Gasteiger partial charge in [-0.1, -0.05) is 51.1 Å². The third-order valence-corrected chi connectivity index (χ3v) is 9.05. The lowest BCUT2D eigenvalue weighted by Crippen LogP contribution is -2.59. The second kappa shape index (κ2) is 12.5. The van der Waals surface area contributed by atoms with Gasteiger partial charge >= 0.3 is 0 Å². The van der Waals surface area contributed by atoms with E-state index in [1.165, 1.54) is 0 Å². The number of para-hydroxylation sites is 1. The van der Waals surface area contributed by atoms with Crippen molar-refractivity contribution in [3.8, 4) is 0 Å². The quantitative estimate of drug-likeness (QED) is 0.365. The number of likely N-dealkylation sites (tertiary alicyclic amines) is 1. The van der Waals surface area contributed by atoms with Crippen LogP contribution < -0.4 is 4.90 Å². The van der Waals surface area contributed by atoms with E-state index >= 15 is 0 Å². The lowest BCUT2D eigenvalue weighted by atomic mass is 9.70. The highest BCUT2D eigenvalue weighted by atomic mass is 16.5. The number of nitrogens with zero attached hydrogens (tertiary/aromatic N) is 3. The van der Waals surface area contributed by atoms with Crippen molar-refractivity contribution in [3.05, 3.63) is 54.6 Å². The van der Waals surface area contributed by atoms with Crippen LogP contribution in [-0.2, 0) is 19.1 Å². The van der Waals surface area contributed by atoms with Crippen molar-refractivity contribution in [3.63, 3.8) is 0 Å². The first-order valence-electron chi connectivity index (χ1n) is 15.1. The molecule has 41 heavy (non-hydrogen) atoms. The van der Waals surface area contributed by atoms with Crippen molar-refractivity contribution in [1.82, 2.24) is 9.80 Å². The molecule has 1 aromatic carbocycles. The standard InChI is InChI=1S/C33H47N3O5/c1-8-16-34(17-9-2)30(38)26-25-14-15-33(41-25)27(26)31(39)36(24(20-37)19-21(4)5)29(33)32(40)35(18-10-3)28-22(6)12-11-13-23(28)7/h8,10-13,21,24-27,29,37H,1,3,9,14-20H2,2,4-7H3/t24-,25-,26+,27+,29?,33?/m1/s1. The molecule has 224 valence electrons. The number of hydrogen-bond donors (Lipinski definition) is 1. The molecule has 6 atom stereocenters. The third kappa shape index (κ3) is 5.25. The Balaban J connectivity index is 1.85. The molecule has 8 nitrogen and oxygen atoms in total. The average Bonchev–Trinajstić information content (AvgIpc) is 3.57. The Kier molecular flexibility index (Phi) is 9.44. The van der Waals surface area contributed by atoms with Gasteiger partial charge in [0.05, 0.1) is 30.6 Å². The Morgan fingerprint density at radius 2 is 1.83 bits per heavy atom. The minimum Gasteiger partial charge on any atom is -0.394 e. The van der Waals surface area contributed by atoms with E-state index in [0.29, 0.717) is 32.4 Å². The second-order valence-corrected chi connectivity index (χ2v) is 12.3. The molecule has 1 aromatic rings. The molecule has 3 fully saturated rings. The van der Waals surface area contributed by atoms with Crippen molar-refractivity contribution in [2.45, 2.75) is 84.1 Å². The van der Waals surface area contributed by atoms with E-state index in [4.69, 9.17) is 4.74 Å². The van der Waals surface area contributed by atoms with Crippen molar-refractivity contribution in [2.75, 3.05) is 31.1 Å². The topological polar surface area (TPSA) is 90.4 Å². The Bertz CT molecular complexity index is 1160. The molecule has 3 heterocycles. The summed E-state index contributed by atoms with van der Waals surface area (Å²) in [7, 11) is 0. The smallest absolute Gasteiger partial charge is 0.253 e. The van der Waals surface area contributed by atoms with E-state index in [1.54, 1.807) is 26.9 Å². The molecule has 1 spiro atoms. The molecule has 8 heteroatoms. The van der Waals surface area contributed by atoms with Crippen LogP contribution in [0.25, 0.3) is 0 Å². The van der Waals surface area contributed by atoms with E-state index in [9.17, 15) is 19.5 Å². The molecule has 2 bridgehead atoms. The fourth-order valence-electron chi connectivity index (χ4n) is 7.59. The summed E-state index contributed by atoms with van der Waals surface area (Å²) >= 11 is 0. The number of rotatable bonds is 13. The molecule has 0 saturated carbocycles. The Hall–Kier alpha value is -2.97. The summed E-state index contributed by atoms with van der Waals surface area (Å²) in [4.78, 5) is 48.4. The van der Waals surface area contributed by atoms with Crippen molar-refractivity contribution in [2.24, 2.45) is 17.8 Å². The number of aliphatic hydroxyl groups is 1. The minimum absolute atomic E-state index is 0.119. The fourth-order valence-corrected chi connectivity index (χ4v) is 7.59. The first-order chi connectivity index (χ1) is 19.6. The number of ether oxygens (including phenoxy) is 1. The monoisotopic (exact) mass is 565 g/mol. The molecule has 3 saturated heterocycles. The predicted octanol–water partition coefficient (Wildman–Crippen LogP) is 4.03. The highest BCUT2D eigenvalue weighted by Crippen LogP contribution is 2.59. The summed E-state index contributed by atoms with van der Waals surface area (Å²) in [6.07, 6.45) is 5.38. The number of carbonyl (C=O) groups is 3. The van der Waals surface area contributed by atoms with E-state index in [1.807, 2.05) is 52.8 Å². The number of aliphatic hydroxyl groups excluding tert-OH is 1. The molecule has 0 aliphatic carbocycles. The highest BCUT2D eigenvalue weighted by Gasteiger charge is 2.75. The van der Waals surface area contributed by atoms with Gasteiger partial charge in [-0.05, 0) is 56.6 Å². The Morgan fingerprint density at radius 3 is 2.39 bits per heavy atom. The van der Waals surface area contributed by atoms with Crippen LogP contribution in [0.1, 0.15) is 57.6 Å². The minimum atomic E-state index is -1.13. The maximum Gasteiger partial charge on any atom is 0.253 e. The van der Waals surface area contributed by atoms with Crippen LogP contribution in [0.4, 0.5) is 5.69 Å². The molecule has 4 rings (SSSR count). The molecule has 0 aromatic heterocycles. The van der Waals surface area contributed by atoms with Gasteiger partial charge in [-0.2, -0.15) is 0 Å². The van der Waals surface area contributed by atoms with Crippen LogP contribution in [0.3, 0.4) is 0 Å². The third-order valence-electron chi connectivity index (χ3n) is 9.05. The first kappa shape index (κ1) is 31.0. The zero-order valence-corrected chi connectivity index (χ0v) is 25.3. The van der Waals surface area contributed by atoms with Crippen molar-refractivity contribution < 1.29 is 24.2 Å². The highest BCUT2D eigenvalue weighted by molar-refractivity contribution is 6.05. The van der Waals surface area contributed by atoms with Crippen LogP contribution in [0, 0.1) is 31.6 Å². The van der Waals surface area contributed by atoms with Gasteiger partial charge in [0.1, 0.15) is 11.6 Å². The van der Waals surface area contributed by atoms with Gasteiger partial charge in [-0.3, -0.25) is 14.4 Å². The predicted molar refractivity (Wildman–Crippen MR) is 160 cm³/mol. The van der Waals surface area contributed by atoms with Gasteiger partial charge in [0.15, 0.2) is 0 Å². The molecule has 1 N–H and O–H groups in total. The van der Waals surface area contributed by atoms with E-state index < -0.39 is 35.6 Å². The maximum atomic E-state index is 14.9. The number of aryl methyl sites for hydroxylation is 2. The van der Waals surface area contributed by atoms with E-state index in [2.05, 4.69) is 13.2 Å². The molecule has 3 amide bonds. The summed E-state index contributed by atoms with van der Waals surface area (Å²) in [6, 6.07) is 4.36. The number of benzene rings is 1. The van der Waals surface area contributed by atoms with E-state index in [-0.39, 0.29) is 36.8 Å². The molecule has 3 aliphatic heterocycles. The number of fused-ring (bicyclic) bond motifs is 1. The van der Waals surface area contributed by atoms with Crippen LogP contribution in [0.15, 0.2) is 43.5 Å². The molecule has 0 radical (unpaired) electrons. The summed E-state index contributed by atoms with van der Waals surface area (Å²) in [5, 5.41) is 10.6. The first-order valence-corrected chi connectivity index (χ1v) is 15.1. The lowest BCUT2D eigenvalue weighted by Gasteiger charge is -2.40. The zero-order chi connectivity index (χ0) is 30.1. The van der Waals surface area contributed by atoms with Crippen LogP contribution in [0.5, 0.6) is 0 Å². The normalized spacial score (nSPS) is 27.2. The average molecular weight is 566 g/mol. The van der Waals surface area contributed by atoms with Crippen molar-refractivity contribution in [1.29, 1.82) is 0 Å². The van der Waals surface area contributed by atoms with Gasteiger partial charge in [0.25, 0.3) is 5.91 Å². The number of carbonyl (C=O) groups excluding carboxylic acids is 3. The molecular weight excluding hydrogens is 518 g/mol. The fraction of sp³-hybridized carbons (Fsp3) is 0.606. The van der Waals surface area contributed by atoms with Gasteiger partial charge in [0, 0.05) is 25.3 Å². The van der Waals surface area contributed by atoms with Crippen LogP contribution >= 0.6 is 0 Å². The molecule has 2 unspecified atom stereocenters. The largest absolute Gasteiger partial charge is 0.394 e. The summed E-state index contributed by atoms with van der Waals surface area (Å²) in [6.45, 7) is 18.7. The summed E-state index contributed by atoms with van der Waals surface area (Å²) in [5.41, 5.74) is 1.53. The summed E-state index contributed by atoms with van der Waals surface area (Å²) < 4.78 is 6.69. The Morgan fingerprint density at radius 1 is 1.17 bits per heavy atom. The zero-order valence-electron chi connectivity index (χ0n) is 25.3. The Labute approximate surface area is 245 Å². The SMILES string of the molecule is C=CCN(CCC)C(=O)[C@@H]1[C@H]2C(=O)N([C@@H](CO)CC(C)C)C(C(=O)N(CC=C)c3c(C)cccc3C)C23CC[C@H]1O3. The van der Waals surface area contributed by atoms with Crippen LogP contribution in [0.2, 0.25) is 0 Å². The number of amides is 3. The lowest BCUT2D eigenvalue weighted by molar-refractivity contribution is -0.147. The molecular formula is C33H47N3O5. The van der Waals surface area contributed by atoms with Gasteiger partial charge < -0.3 is 24.5 Å². The number of hydrogen-bond acceptors (Lipinski definition) is 5. The van der Waals surface area contributed by atoms with Crippen molar-refractivity contribution >= 4 is 23.4 Å². The second-order valence-electron chi connectivity index (χ2n) is 12.3. The summed E-state index contributed by atoms with van der Waals surface area (Å²) in [5.74, 6) is -1.92. The molecule has 3 aliphatic rings.